The zero-order valence-corrected chi connectivity index (χ0v) is 12.3. The number of hydrogen-bond donors (Lipinski definition) is 1. The van der Waals surface area contributed by atoms with E-state index in [1.165, 1.54) is 5.56 Å². The Bertz CT molecular complexity index is 410. The Balaban J connectivity index is 2.46. The van der Waals surface area contributed by atoms with Crippen molar-refractivity contribution in [1.82, 2.24) is 15.2 Å². The smallest absolute Gasteiger partial charge is 0.116 e. The van der Waals surface area contributed by atoms with Crippen LogP contribution in [0, 0.1) is 11.3 Å². The Hall–Kier alpha value is -1.44. The first-order valence-electron chi connectivity index (χ1n) is 6.71. The molecule has 0 spiro atoms. The molecular formula is C15H24N4. The first kappa shape index (κ1) is 15.6. The van der Waals surface area contributed by atoms with Crippen molar-refractivity contribution in [2.24, 2.45) is 0 Å². The molecule has 1 atom stereocenters. The maximum atomic E-state index is 9.32. The molecule has 0 aliphatic carbocycles. The molecule has 0 aromatic carbocycles. The average molecular weight is 260 g/mol. The highest BCUT2D eigenvalue weighted by Gasteiger charge is 2.25. The van der Waals surface area contributed by atoms with E-state index in [9.17, 15) is 5.26 Å². The highest BCUT2D eigenvalue weighted by Crippen LogP contribution is 2.07. The van der Waals surface area contributed by atoms with Gasteiger partial charge in [-0.05, 0) is 51.9 Å². The summed E-state index contributed by atoms with van der Waals surface area (Å²) in [6.45, 7) is 7.73. The van der Waals surface area contributed by atoms with E-state index < -0.39 is 5.54 Å². The molecular weight excluding hydrogens is 236 g/mol. The molecule has 1 heterocycles. The van der Waals surface area contributed by atoms with Crippen molar-refractivity contribution in [3.05, 3.63) is 30.1 Å². The molecule has 0 saturated carbocycles. The van der Waals surface area contributed by atoms with E-state index in [1.54, 1.807) is 0 Å². The lowest BCUT2D eigenvalue weighted by atomic mass is 10.0. The van der Waals surface area contributed by atoms with Gasteiger partial charge in [0.1, 0.15) is 5.54 Å². The van der Waals surface area contributed by atoms with Gasteiger partial charge < -0.3 is 4.90 Å². The third-order valence-electron chi connectivity index (χ3n) is 2.97. The molecule has 0 amide bonds. The van der Waals surface area contributed by atoms with Gasteiger partial charge in [0, 0.05) is 31.5 Å². The van der Waals surface area contributed by atoms with Gasteiger partial charge >= 0.3 is 0 Å². The van der Waals surface area contributed by atoms with Crippen LogP contribution < -0.4 is 5.32 Å². The summed E-state index contributed by atoms with van der Waals surface area (Å²) < 4.78 is 0. The van der Waals surface area contributed by atoms with Gasteiger partial charge in [0.05, 0.1) is 6.07 Å². The molecule has 0 aliphatic heterocycles. The normalized spacial score (nSPS) is 14.4. The van der Waals surface area contributed by atoms with Crippen LogP contribution in [0.4, 0.5) is 0 Å². The molecule has 1 aromatic heterocycles. The van der Waals surface area contributed by atoms with Crippen molar-refractivity contribution < 1.29 is 0 Å². The number of nitrogens with zero attached hydrogens (tertiary/aromatic N) is 3. The molecule has 104 valence electrons. The van der Waals surface area contributed by atoms with Crippen molar-refractivity contribution in [3.63, 3.8) is 0 Å². The number of nitriles is 1. The number of hydrogen-bond acceptors (Lipinski definition) is 4. The first-order valence-corrected chi connectivity index (χ1v) is 6.71. The van der Waals surface area contributed by atoms with E-state index in [1.807, 2.05) is 31.5 Å². The maximum Gasteiger partial charge on any atom is 0.116 e. The fraction of sp³-hybridized carbons (Fsp3) is 0.600. The van der Waals surface area contributed by atoms with E-state index in [-0.39, 0.29) is 0 Å². The van der Waals surface area contributed by atoms with Crippen LogP contribution in [0.15, 0.2) is 24.5 Å². The van der Waals surface area contributed by atoms with E-state index in [0.29, 0.717) is 12.6 Å². The van der Waals surface area contributed by atoms with E-state index in [2.05, 4.69) is 42.2 Å². The third kappa shape index (κ3) is 5.82. The SMILES string of the molecule is CC(C)NC(C)(C#N)CN(C)CCc1ccncc1. The van der Waals surface area contributed by atoms with Crippen molar-refractivity contribution in [1.29, 1.82) is 5.26 Å². The van der Waals surface area contributed by atoms with Gasteiger partial charge in [-0.1, -0.05) is 0 Å². The van der Waals surface area contributed by atoms with Crippen molar-refractivity contribution >= 4 is 0 Å². The van der Waals surface area contributed by atoms with Gasteiger partial charge in [-0.3, -0.25) is 10.3 Å². The molecule has 19 heavy (non-hydrogen) atoms. The standard InChI is InChI=1S/C15H24N4/c1-13(2)18-15(3,11-16)12-19(4)10-7-14-5-8-17-9-6-14/h5-6,8-9,13,18H,7,10,12H2,1-4H3. The molecule has 1 rings (SSSR count). The predicted molar refractivity (Wildman–Crippen MR) is 77.7 cm³/mol. The van der Waals surface area contributed by atoms with Crippen LogP contribution in [0.1, 0.15) is 26.3 Å². The first-order chi connectivity index (χ1) is 8.95. The highest BCUT2D eigenvalue weighted by atomic mass is 15.1. The third-order valence-corrected chi connectivity index (χ3v) is 2.97. The lowest BCUT2D eigenvalue weighted by molar-refractivity contribution is 0.253. The Labute approximate surface area is 116 Å². The van der Waals surface area contributed by atoms with Crippen LogP contribution in [0.3, 0.4) is 0 Å². The van der Waals surface area contributed by atoms with Crippen molar-refractivity contribution in [2.45, 2.75) is 38.8 Å². The number of rotatable bonds is 7. The number of likely N-dealkylation sites (N-methyl/N-ethyl adjacent to an activating group) is 1. The second-order valence-electron chi connectivity index (χ2n) is 5.59. The minimum atomic E-state index is -0.499. The molecule has 0 fully saturated rings. The summed E-state index contributed by atoms with van der Waals surface area (Å²) >= 11 is 0. The molecule has 0 bridgehead atoms. The Morgan fingerprint density at radius 3 is 2.58 bits per heavy atom. The summed E-state index contributed by atoms with van der Waals surface area (Å²) in [4.78, 5) is 6.20. The Morgan fingerprint density at radius 1 is 1.42 bits per heavy atom. The molecule has 1 unspecified atom stereocenters. The fourth-order valence-corrected chi connectivity index (χ4v) is 2.24. The topological polar surface area (TPSA) is 52.0 Å². The summed E-state index contributed by atoms with van der Waals surface area (Å²) in [5, 5.41) is 12.6. The van der Waals surface area contributed by atoms with Gasteiger partial charge in [-0.15, -0.1) is 0 Å². The monoisotopic (exact) mass is 260 g/mol. The quantitative estimate of drug-likeness (QED) is 0.812. The van der Waals surface area contributed by atoms with Crippen molar-refractivity contribution in [3.8, 4) is 6.07 Å². The predicted octanol–water partition coefficient (Wildman–Crippen LogP) is 1.84. The van der Waals surface area contributed by atoms with Crippen LogP contribution in [-0.2, 0) is 6.42 Å². The van der Waals surface area contributed by atoms with Gasteiger partial charge in [0.25, 0.3) is 0 Å². The fourth-order valence-electron chi connectivity index (χ4n) is 2.24. The molecule has 1 aromatic rings. The second kappa shape index (κ2) is 7.22. The lowest BCUT2D eigenvalue weighted by Crippen LogP contribution is -2.52. The molecule has 4 nitrogen and oxygen atoms in total. The van der Waals surface area contributed by atoms with Crippen LogP contribution in [-0.4, -0.2) is 41.6 Å². The van der Waals surface area contributed by atoms with Crippen molar-refractivity contribution in [2.75, 3.05) is 20.1 Å². The minimum Gasteiger partial charge on any atom is -0.303 e. The summed E-state index contributed by atoms with van der Waals surface area (Å²) in [6.07, 6.45) is 4.60. The number of pyridine rings is 1. The summed E-state index contributed by atoms with van der Waals surface area (Å²) in [5.41, 5.74) is 0.776. The van der Waals surface area contributed by atoms with Crippen LogP contribution >= 0.6 is 0 Å². The van der Waals surface area contributed by atoms with Gasteiger partial charge in [0.2, 0.25) is 0 Å². The summed E-state index contributed by atoms with van der Waals surface area (Å²) in [6, 6.07) is 6.74. The molecule has 0 saturated heterocycles. The number of nitrogens with one attached hydrogen (secondary N) is 1. The lowest BCUT2D eigenvalue weighted by Gasteiger charge is -2.30. The van der Waals surface area contributed by atoms with E-state index in [0.717, 1.165) is 13.0 Å². The average Bonchev–Trinajstić information content (AvgIpc) is 2.36. The summed E-state index contributed by atoms with van der Waals surface area (Å²) in [5.74, 6) is 0. The Morgan fingerprint density at radius 2 is 2.05 bits per heavy atom. The van der Waals surface area contributed by atoms with E-state index >= 15 is 0 Å². The van der Waals surface area contributed by atoms with Crippen LogP contribution in [0.2, 0.25) is 0 Å². The maximum absolute atomic E-state index is 9.32. The van der Waals surface area contributed by atoms with Gasteiger partial charge in [0.15, 0.2) is 0 Å². The van der Waals surface area contributed by atoms with Gasteiger partial charge in [-0.25, -0.2) is 0 Å². The molecule has 1 N–H and O–H groups in total. The highest BCUT2D eigenvalue weighted by molar-refractivity contribution is 5.10. The largest absolute Gasteiger partial charge is 0.303 e. The zero-order valence-electron chi connectivity index (χ0n) is 12.3. The zero-order chi connectivity index (χ0) is 14.3. The molecule has 4 heteroatoms. The minimum absolute atomic E-state index is 0.304. The molecule has 0 radical (unpaired) electrons. The summed E-state index contributed by atoms with van der Waals surface area (Å²) in [7, 11) is 2.05. The van der Waals surface area contributed by atoms with Gasteiger partial charge in [-0.2, -0.15) is 5.26 Å². The molecule has 0 aliphatic rings. The van der Waals surface area contributed by atoms with E-state index in [4.69, 9.17) is 0 Å². The Kier molecular flexibility index (Phi) is 5.94. The van der Waals surface area contributed by atoms with Crippen LogP contribution in [0.25, 0.3) is 0 Å². The van der Waals surface area contributed by atoms with Crippen LogP contribution in [0.5, 0.6) is 0 Å². The second-order valence-corrected chi connectivity index (χ2v) is 5.59. The number of aromatic nitrogens is 1.